The molecule has 3 heterocycles. The lowest BCUT2D eigenvalue weighted by Gasteiger charge is -2.09. The number of pyridine rings is 1. The first-order chi connectivity index (χ1) is 9.25. The van der Waals surface area contributed by atoms with Crippen LogP contribution in [0.25, 0.3) is 5.52 Å². The van der Waals surface area contributed by atoms with Crippen LogP contribution in [-0.4, -0.2) is 28.2 Å². The van der Waals surface area contributed by atoms with Crippen molar-refractivity contribution in [3.05, 3.63) is 54.0 Å². The fourth-order valence-electron chi connectivity index (χ4n) is 2.66. The molecular formula is C16H18N2O. The molecule has 19 heavy (non-hydrogen) atoms. The van der Waals surface area contributed by atoms with E-state index in [2.05, 4.69) is 4.90 Å². The number of fused-ring (bicyclic) bond motifs is 1. The Morgan fingerprint density at radius 3 is 2.84 bits per heavy atom. The van der Waals surface area contributed by atoms with Crippen molar-refractivity contribution in [3.63, 3.8) is 0 Å². The Morgan fingerprint density at radius 1 is 1.26 bits per heavy atom. The molecule has 1 saturated heterocycles. The van der Waals surface area contributed by atoms with Crippen molar-refractivity contribution in [2.45, 2.75) is 19.8 Å². The number of carbonyl (C=O) groups excluding carboxylic acids is 1. The number of nitrogens with zero attached hydrogens (tertiary/aromatic N) is 2. The van der Waals surface area contributed by atoms with Crippen LogP contribution >= 0.6 is 0 Å². The molecule has 3 nitrogen and oxygen atoms in total. The van der Waals surface area contributed by atoms with Gasteiger partial charge in [-0.3, -0.25) is 4.79 Å². The maximum atomic E-state index is 12.3. The molecule has 1 aliphatic heterocycles. The third kappa shape index (κ3) is 2.28. The van der Waals surface area contributed by atoms with Crippen LogP contribution in [-0.2, 0) is 0 Å². The van der Waals surface area contributed by atoms with Gasteiger partial charge in [0.1, 0.15) is 0 Å². The summed E-state index contributed by atoms with van der Waals surface area (Å²) >= 11 is 0. The van der Waals surface area contributed by atoms with Crippen molar-refractivity contribution in [1.29, 1.82) is 0 Å². The molecular weight excluding hydrogens is 236 g/mol. The molecule has 0 bridgehead atoms. The highest BCUT2D eigenvalue weighted by Gasteiger charge is 2.12. The van der Waals surface area contributed by atoms with E-state index in [1.54, 1.807) is 6.08 Å². The Labute approximate surface area is 113 Å². The van der Waals surface area contributed by atoms with E-state index in [0.29, 0.717) is 0 Å². The summed E-state index contributed by atoms with van der Waals surface area (Å²) in [5.41, 5.74) is 2.97. The highest BCUT2D eigenvalue weighted by Crippen LogP contribution is 2.17. The second kappa shape index (κ2) is 4.92. The number of likely N-dealkylation sites (tertiary alicyclic amines) is 1. The van der Waals surface area contributed by atoms with Crippen LogP contribution in [0, 0.1) is 6.92 Å². The highest BCUT2D eigenvalue weighted by molar-refractivity contribution is 6.04. The van der Waals surface area contributed by atoms with Crippen molar-refractivity contribution >= 4 is 11.3 Å². The molecule has 0 N–H and O–H groups in total. The topological polar surface area (TPSA) is 24.7 Å². The van der Waals surface area contributed by atoms with Crippen LogP contribution in [0.3, 0.4) is 0 Å². The summed E-state index contributed by atoms with van der Waals surface area (Å²) in [4.78, 5) is 14.5. The molecule has 0 atom stereocenters. The number of hydrogen-bond acceptors (Lipinski definition) is 2. The monoisotopic (exact) mass is 254 g/mol. The van der Waals surface area contributed by atoms with Crippen molar-refractivity contribution < 1.29 is 4.79 Å². The van der Waals surface area contributed by atoms with E-state index in [9.17, 15) is 4.79 Å². The number of aromatic nitrogens is 1. The van der Waals surface area contributed by atoms with E-state index in [1.165, 1.54) is 12.8 Å². The second-order valence-electron chi connectivity index (χ2n) is 5.09. The number of ketones is 1. The fraction of sp³-hybridized carbons (Fsp3) is 0.312. The van der Waals surface area contributed by atoms with Crippen LogP contribution in [0.5, 0.6) is 0 Å². The van der Waals surface area contributed by atoms with Gasteiger partial charge in [0.25, 0.3) is 0 Å². The van der Waals surface area contributed by atoms with E-state index in [1.807, 2.05) is 48.0 Å². The number of allylic oxidation sites excluding steroid dienone is 1. The van der Waals surface area contributed by atoms with Gasteiger partial charge in [-0.15, -0.1) is 0 Å². The number of aryl methyl sites for hydroxylation is 1. The number of hydrogen-bond donors (Lipinski definition) is 0. The van der Waals surface area contributed by atoms with Crippen molar-refractivity contribution in [2.24, 2.45) is 0 Å². The zero-order valence-electron chi connectivity index (χ0n) is 11.2. The molecule has 0 radical (unpaired) electrons. The molecule has 0 saturated carbocycles. The first-order valence-electron chi connectivity index (χ1n) is 6.79. The van der Waals surface area contributed by atoms with Crippen molar-refractivity contribution in [1.82, 2.24) is 9.30 Å². The zero-order chi connectivity index (χ0) is 13.2. The Morgan fingerprint density at radius 2 is 2.05 bits per heavy atom. The van der Waals surface area contributed by atoms with Gasteiger partial charge in [0.2, 0.25) is 5.78 Å². The minimum atomic E-state index is 0.0706. The summed E-state index contributed by atoms with van der Waals surface area (Å²) < 4.78 is 1.96. The van der Waals surface area contributed by atoms with E-state index in [0.717, 1.165) is 29.9 Å². The van der Waals surface area contributed by atoms with Crippen LogP contribution in [0.4, 0.5) is 0 Å². The van der Waals surface area contributed by atoms with Gasteiger partial charge in [-0.25, -0.2) is 0 Å². The highest BCUT2D eigenvalue weighted by atomic mass is 16.1. The van der Waals surface area contributed by atoms with Crippen LogP contribution < -0.4 is 0 Å². The van der Waals surface area contributed by atoms with Crippen LogP contribution in [0.1, 0.15) is 28.9 Å². The van der Waals surface area contributed by atoms with Crippen LogP contribution in [0.15, 0.2) is 42.7 Å². The Kier molecular flexibility index (Phi) is 3.11. The molecule has 0 aromatic carbocycles. The summed E-state index contributed by atoms with van der Waals surface area (Å²) in [5.74, 6) is 0.0706. The lowest BCUT2D eigenvalue weighted by Crippen LogP contribution is -2.11. The second-order valence-corrected chi connectivity index (χ2v) is 5.09. The normalized spacial score (nSPS) is 15.7. The Balaban J connectivity index is 1.89. The molecule has 98 valence electrons. The first-order valence-corrected chi connectivity index (χ1v) is 6.79. The molecule has 0 amide bonds. The van der Waals surface area contributed by atoms with E-state index < -0.39 is 0 Å². The number of carbonyl (C=O) groups is 1. The largest absolute Gasteiger partial charge is 0.377 e. The van der Waals surface area contributed by atoms with Gasteiger partial charge in [0.15, 0.2) is 0 Å². The lowest BCUT2D eigenvalue weighted by molar-refractivity contribution is 0.104. The summed E-state index contributed by atoms with van der Waals surface area (Å²) in [6, 6.07) is 7.95. The molecule has 0 spiro atoms. The maximum absolute atomic E-state index is 12.3. The smallest absolute Gasteiger partial charge is 0.203 e. The van der Waals surface area contributed by atoms with E-state index >= 15 is 0 Å². The van der Waals surface area contributed by atoms with E-state index in [4.69, 9.17) is 0 Å². The predicted molar refractivity (Wildman–Crippen MR) is 76.4 cm³/mol. The Bertz CT molecular complexity index is 633. The minimum absolute atomic E-state index is 0.0706. The standard InChI is InChI=1S/C16H18N2O/c1-13-12-15(18-10-3-2-6-14(13)18)16(19)7-11-17-8-4-5-9-17/h2-3,6-7,10-12H,4-5,8-9H2,1H3/b11-7+. The Hall–Kier alpha value is -2.03. The molecule has 2 aromatic rings. The third-order valence-corrected chi connectivity index (χ3v) is 3.71. The maximum Gasteiger partial charge on any atom is 0.203 e. The molecule has 3 heteroatoms. The van der Waals surface area contributed by atoms with Gasteiger partial charge in [0, 0.05) is 37.1 Å². The molecule has 2 aromatic heterocycles. The van der Waals surface area contributed by atoms with Gasteiger partial charge < -0.3 is 9.30 Å². The molecule has 3 rings (SSSR count). The first kappa shape index (κ1) is 12.0. The van der Waals surface area contributed by atoms with Crippen molar-refractivity contribution in [3.8, 4) is 0 Å². The average Bonchev–Trinajstić information content (AvgIpc) is 3.05. The molecule has 1 aliphatic rings. The fourth-order valence-corrected chi connectivity index (χ4v) is 2.66. The summed E-state index contributed by atoms with van der Waals surface area (Å²) in [5, 5.41) is 0. The quantitative estimate of drug-likeness (QED) is 0.621. The van der Waals surface area contributed by atoms with Crippen molar-refractivity contribution in [2.75, 3.05) is 13.1 Å². The van der Waals surface area contributed by atoms with Gasteiger partial charge >= 0.3 is 0 Å². The molecule has 0 unspecified atom stereocenters. The van der Waals surface area contributed by atoms with Gasteiger partial charge in [0.05, 0.1) is 5.69 Å². The SMILES string of the molecule is Cc1cc(C(=O)/C=C/N2CCCC2)n2ccccc12. The summed E-state index contributed by atoms with van der Waals surface area (Å²) in [6.07, 6.45) is 8.03. The van der Waals surface area contributed by atoms with Crippen LogP contribution in [0.2, 0.25) is 0 Å². The zero-order valence-corrected chi connectivity index (χ0v) is 11.2. The average molecular weight is 254 g/mol. The number of rotatable bonds is 3. The lowest BCUT2D eigenvalue weighted by atomic mass is 10.2. The summed E-state index contributed by atoms with van der Waals surface area (Å²) in [6.45, 7) is 4.17. The van der Waals surface area contributed by atoms with Gasteiger partial charge in [-0.2, -0.15) is 0 Å². The molecule has 0 aliphatic carbocycles. The minimum Gasteiger partial charge on any atom is -0.377 e. The van der Waals surface area contributed by atoms with E-state index in [-0.39, 0.29) is 5.78 Å². The third-order valence-electron chi connectivity index (χ3n) is 3.71. The molecule has 1 fully saturated rings. The van der Waals surface area contributed by atoms with Gasteiger partial charge in [-0.1, -0.05) is 6.07 Å². The predicted octanol–water partition coefficient (Wildman–Crippen LogP) is 3.04. The van der Waals surface area contributed by atoms with Gasteiger partial charge in [-0.05, 0) is 43.5 Å². The summed E-state index contributed by atoms with van der Waals surface area (Å²) in [7, 11) is 0.